The quantitative estimate of drug-likeness (QED) is 0.726. The van der Waals surface area contributed by atoms with Crippen LogP contribution in [0.25, 0.3) is 0 Å². The van der Waals surface area contributed by atoms with E-state index in [2.05, 4.69) is 5.32 Å². The van der Waals surface area contributed by atoms with Crippen LogP contribution in [0.3, 0.4) is 0 Å². The van der Waals surface area contributed by atoms with Gasteiger partial charge in [0.15, 0.2) is 0 Å². The third kappa shape index (κ3) is 5.73. The van der Waals surface area contributed by atoms with E-state index in [9.17, 15) is 4.79 Å². The zero-order chi connectivity index (χ0) is 16.5. The molecule has 0 spiro atoms. The van der Waals surface area contributed by atoms with Gasteiger partial charge in [0, 0.05) is 11.5 Å². The molecule has 0 heterocycles. The molecule has 0 saturated heterocycles. The zero-order valence-corrected chi connectivity index (χ0v) is 14.2. The van der Waals surface area contributed by atoms with Gasteiger partial charge in [-0.3, -0.25) is 4.79 Å². The second-order valence-corrected chi connectivity index (χ2v) is 6.47. The minimum absolute atomic E-state index is 0.0186. The van der Waals surface area contributed by atoms with Gasteiger partial charge in [0.2, 0.25) is 5.91 Å². The van der Waals surface area contributed by atoms with Crippen LogP contribution in [0.5, 0.6) is 0 Å². The van der Waals surface area contributed by atoms with Crippen LogP contribution in [-0.4, -0.2) is 23.4 Å². The number of benzene rings is 2. The first-order valence-electron chi connectivity index (χ1n) is 7.84. The van der Waals surface area contributed by atoms with E-state index in [4.69, 9.17) is 5.11 Å². The fraction of sp³-hybridized carbons (Fsp3) is 0.316. The Morgan fingerprint density at radius 1 is 1.13 bits per heavy atom. The first kappa shape index (κ1) is 17.6. The molecule has 0 aromatic heterocycles. The highest BCUT2D eigenvalue weighted by Gasteiger charge is 2.14. The van der Waals surface area contributed by atoms with E-state index < -0.39 is 0 Å². The topological polar surface area (TPSA) is 49.3 Å². The van der Waals surface area contributed by atoms with Crippen molar-refractivity contribution in [2.75, 3.05) is 12.4 Å². The lowest BCUT2D eigenvalue weighted by atomic mass is 10.0. The monoisotopic (exact) mass is 329 g/mol. The normalized spacial score (nSPS) is 11.9. The molecule has 4 heteroatoms. The molecule has 0 fully saturated rings. The van der Waals surface area contributed by atoms with Crippen LogP contribution in [0.1, 0.15) is 30.0 Å². The Hall–Kier alpha value is -1.78. The SMILES string of the molecule is Cc1ccccc1SCC(=O)NC(CCCO)c1ccccc1. The summed E-state index contributed by atoms with van der Waals surface area (Å²) in [7, 11) is 0. The minimum atomic E-state index is -0.0479. The van der Waals surface area contributed by atoms with Crippen molar-refractivity contribution in [3.8, 4) is 0 Å². The summed E-state index contributed by atoms with van der Waals surface area (Å²) >= 11 is 1.55. The van der Waals surface area contributed by atoms with E-state index in [0.29, 0.717) is 12.2 Å². The van der Waals surface area contributed by atoms with Crippen molar-refractivity contribution in [2.45, 2.75) is 30.7 Å². The average molecular weight is 329 g/mol. The van der Waals surface area contributed by atoms with Crippen molar-refractivity contribution in [3.63, 3.8) is 0 Å². The Morgan fingerprint density at radius 3 is 2.52 bits per heavy atom. The Labute approximate surface area is 142 Å². The lowest BCUT2D eigenvalue weighted by Gasteiger charge is -2.19. The van der Waals surface area contributed by atoms with Gasteiger partial charge < -0.3 is 10.4 Å². The number of carbonyl (C=O) groups excluding carboxylic acids is 1. The van der Waals surface area contributed by atoms with E-state index in [1.54, 1.807) is 11.8 Å². The molecule has 2 aromatic rings. The van der Waals surface area contributed by atoms with Crippen molar-refractivity contribution >= 4 is 17.7 Å². The summed E-state index contributed by atoms with van der Waals surface area (Å²) in [5.74, 6) is 0.415. The van der Waals surface area contributed by atoms with Gasteiger partial charge in [-0.2, -0.15) is 0 Å². The van der Waals surface area contributed by atoms with Crippen LogP contribution in [0.15, 0.2) is 59.5 Å². The van der Waals surface area contributed by atoms with Gasteiger partial charge in [0.1, 0.15) is 0 Å². The van der Waals surface area contributed by atoms with Crippen LogP contribution in [0.4, 0.5) is 0 Å². The predicted octanol–water partition coefficient (Wildman–Crippen LogP) is 3.72. The van der Waals surface area contributed by atoms with Crippen LogP contribution in [0.2, 0.25) is 0 Å². The zero-order valence-electron chi connectivity index (χ0n) is 13.4. The maximum atomic E-state index is 12.3. The standard InChI is InChI=1S/C19H23NO2S/c1-15-8-5-6-12-18(15)23-14-19(22)20-17(11-7-13-21)16-9-3-2-4-10-16/h2-6,8-10,12,17,21H,7,11,13-14H2,1H3,(H,20,22). The van der Waals surface area contributed by atoms with Gasteiger partial charge in [-0.05, 0) is 37.0 Å². The summed E-state index contributed by atoms with van der Waals surface area (Å²) < 4.78 is 0. The molecule has 2 N–H and O–H groups in total. The van der Waals surface area contributed by atoms with Crippen LogP contribution in [0, 0.1) is 6.92 Å². The van der Waals surface area contributed by atoms with E-state index in [1.165, 1.54) is 5.56 Å². The third-order valence-electron chi connectivity index (χ3n) is 3.64. The smallest absolute Gasteiger partial charge is 0.230 e. The summed E-state index contributed by atoms with van der Waals surface area (Å²) in [6.45, 7) is 2.19. The largest absolute Gasteiger partial charge is 0.396 e. The van der Waals surface area contributed by atoms with Crippen molar-refractivity contribution in [2.24, 2.45) is 0 Å². The number of hydrogen-bond acceptors (Lipinski definition) is 3. The van der Waals surface area contributed by atoms with Crippen molar-refractivity contribution in [1.82, 2.24) is 5.32 Å². The summed E-state index contributed by atoms with van der Waals surface area (Å²) in [6, 6.07) is 17.9. The van der Waals surface area contributed by atoms with Crippen LogP contribution < -0.4 is 5.32 Å². The number of aryl methyl sites for hydroxylation is 1. The molecule has 2 rings (SSSR count). The molecule has 23 heavy (non-hydrogen) atoms. The number of aliphatic hydroxyl groups is 1. The molecule has 0 aliphatic heterocycles. The third-order valence-corrected chi connectivity index (χ3v) is 4.82. The number of amides is 1. The Kier molecular flexibility index (Phi) is 7.17. The highest BCUT2D eigenvalue weighted by Crippen LogP contribution is 2.23. The van der Waals surface area contributed by atoms with Gasteiger partial charge in [-0.1, -0.05) is 48.5 Å². The molecule has 3 nitrogen and oxygen atoms in total. The maximum Gasteiger partial charge on any atom is 0.230 e. The first-order valence-corrected chi connectivity index (χ1v) is 8.83. The average Bonchev–Trinajstić information content (AvgIpc) is 2.58. The molecule has 0 aliphatic rings. The number of aliphatic hydroxyl groups excluding tert-OH is 1. The fourth-order valence-electron chi connectivity index (χ4n) is 2.40. The fourth-order valence-corrected chi connectivity index (χ4v) is 3.24. The molecule has 0 bridgehead atoms. The molecular formula is C19H23NO2S. The van der Waals surface area contributed by atoms with Gasteiger partial charge in [0.05, 0.1) is 11.8 Å². The van der Waals surface area contributed by atoms with Crippen molar-refractivity contribution in [3.05, 3.63) is 65.7 Å². The molecule has 1 unspecified atom stereocenters. The molecule has 2 aromatic carbocycles. The summed E-state index contributed by atoms with van der Waals surface area (Å²) in [6.07, 6.45) is 1.41. The van der Waals surface area contributed by atoms with E-state index in [1.807, 2.05) is 61.5 Å². The van der Waals surface area contributed by atoms with Gasteiger partial charge >= 0.3 is 0 Å². The summed E-state index contributed by atoms with van der Waals surface area (Å²) in [4.78, 5) is 13.4. The Morgan fingerprint density at radius 2 is 1.83 bits per heavy atom. The van der Waals surface area contributed by atoms with Gasteiger partial charge in [-0.15, -0.1) is 11.8 Å². The van der Waals surface area contributed by atoms with E-state index >= 15 is 0 Å². The van der Waals surface area contributed by atoms with Crippen molar-refractivity contribution < 1.29 is 9.90 Å². The predicted molar refractivity (Wildman–Crippen MR) is 95.5 cm³/mol. The molecular weight excluding hydrogens is 306 g/mol. The number of thioether (sulfide) groups is 1. The lowest BCUT2D eigenvalue weighted by Crippen LogP contribution is -2.30. The number of carbonyl (C=O) groups is 1. The maximum absolute atomic E-state index is 12.3. The van der Waals surface area contributed by atoms with E-state index in [-0.39, 0.29) is 18.6 Å². The highest BCUT2D eigenvalue weighted by atomic mass is 32.2. The number of rotatable bonds is 8. The summed E-state index contributed by atoms with van der Waals surface area (Å²) in [5.41, 5.74) is 2.26. The molecule has 122 valence electrons. The van der Waals surface area contributed by atoms with Gasteiger partial charge in [0.25, 0.3) is 0 Å². The second kappa shape index (κ2) is 9.38. The van der Waals surface area contributed by atoms with Crippen LogP contribution in [-0.2, 0) is 4.79 Å². The molecule has 1 atom stereocenters. The summed E-state index contributed by atoms with van der Waals surface area (Å²) in [5, 5.41) is 12.1. The van der Waals surface area contributed by atoms with Crippen LogP contribution >= 0.6 is 11.8 Å². The van der Waals surface area contributed by atoms with Crippen molar-refractivity contribution in [1.29, 1.82) is 0 Å². The first-order chi connectivity index (χ1) is 11.2. The minimum Gasteiger partial charge on any atom is -0.396 e. The second-order valence-electron chi connectivity index (χ2n) is 5.45. The number of nitrogens with one attached hydrogen (secondary N) is 1. The molecule has 0 aliphatic carbocycles. The molecule has 1 amide bonds. The molecule has 0 radical (unpaired) electrons. The highest BCUT2D eigenvalue weighted by molar-refractivity contribution is 8.00. The lowest BCUT2D eigenvalue weighted by molar-refractivity contribution is -0.119. The Bertz CT molecular complexity index is 616. The molecule has 0 saturated carbocycles. The number of hydrogen-bond donors (Lipinski definition) is 2. The van der Waals surface area contributed by atoms with E-state index in [0.717, 1.165) is 16.9 Å². The van der Waals surface area contributed by atoms with Gasteiger partial charge in [-0.25, -0.2) is 0 Å². The Balaban J connectivity index is 1.93.